The lowest BCUT2D eigenvalue weighted by Crippen LogP contribution is -1.79. The fraction of sp³-hybridized carbons (Fsp3) is 0.100. The van der Waals surface area contributed by atoms with Crippen molar-refractivity contribution < 1.29 is 4.42 Å². The molecule has 0 spiro atoms. The summed E-state index contributed by atoms with van der Waals surface area (Å²) >= 11 is 8.94. The molecule has 0 saturated heterocycles. The summed E-state index contributed by atoms with van der Waals surface area (Å²) in [5.41, 5.74) is 1.68. The maximum absolute atomic E-state index is 5.68. The maximum Gasteiger partial charge on any atom is 0.227 e. The Bertz CT molecular complexity index is 427. The van der Waals surface area contributed by atoms with E-state index in [2.05, 4.69) is 20.9 Å². The molecule has 0 fully saturated rings. The number of hydrogen-bond acceptors (Lipinski definition) is 2. The van der Waals surface area contributed by atoms with E-state index in [1.165, 1.54) is 0 Å². The van der Waals surface area contributed by atoms with Gasteiger partial charge in [-0.2, -0.15) is 0 Å². The van der Waals surface area contributed by atoms with Crippen LogP contribution in [0.15, 0.2) is 39.4 Å². The van der Waals surface area contributed by atoms with E-state index in [1.54, 1.807) is 0 Å². The second kappa shape index (κ2) is 4.15. The number of aromatic nitrogens is 1. The Morgan fingerprint density at radius 3 is 2.57 bits per heavy atom. The Morgan fingerprint density at radius 2 is 2.00 bits per heavy atom. The van der Waals surface area contributed by atoms with Crippen LogP contribution < -0.4 is 0 Å². The second-order valence-electron chi connectivity index (χ2n) is 2.74. The topological polar surface area (TPSA) is 26.0 Å². The minimum atomic E-state index is 0.344. The van der Waals surface area contributed by atoms with Crippen LogP contribution >= 0.6 is 27.5 Å². The van der Waals surface area contributed by atoms with Gasteiger partial charge >= 0.3 is 0 Å². The molecule has 0 aliphatic rings. The Kier molecular flexibility index (Phi) is 2.89. The summed E-state index contributed by atoms with van der Waals surface area (Å²) in [6, 6.07) is 9.71. The van der Waals surface area contributed by atoms with E-state index in [9.17, 15) is 0 Å². The van der Waals surface area contributed by atoms with Crippen molar-refractivity contribution in [1.29, 1.82) is 0 Å². The van der Waals surface area contributed by atoms with Crippen LogP contribution in [0.25, 0.3) is 11.5 Å². The fourth-order valence-corrected chi connectivity index (χ4v) is 1.84. The predicted molar refractivity (Wildman–Crippen MR) is 59.2 cm³/mol. The molecule has 0 N–H and O–H groups in total. The summed E-state index contributed by atoms with van der Waals surface area (Å²) in [4.78, 5) is 4.25. The molecular weight excluding hydrogens is 265 g/mol. The van der Waals surface area contributed by atoms with Crippen molar-refractivity contribution in [1.82, 2.24) is 4.98 Å². The zero-order valence-electron chi connectivity index (χ0n) is 7.21. The first-order chi connectivity index (χ1) is 6.81. The van der Waals surface area contributed by atoms with Crippen molar-refractivity contribution in [2.45, 2.75) is 5.88 Å². The summed E-state index contributed by atoms with van der Waals surface area (Å²) in [5.74, 6) is 0.935. The lowest BCUT2D eigenvalue weighted by Gasteiger charge is -1.91. The first-order valence-electron chi connectivity index (χ1n) is 4.08. The van der Waals surface area contributed by atoms with Gasteiger partial charge in [-0.25, -0.2) is 4.98 Å². The predicted octanol–water partition coefficient (Wildman–Crippen LogP) is 3.84. The summed E-state index contributed by atoms with van der Waals surface area (Å²) in [5, 5.41) is 0. The van der Waals surface area contributed by atoms with Crippen LogP contribution in [0.3, 0.4) is 0 Å². The lowest BCUT2D eigenvalue weighted by atomic mass is 10.2. The average molecular weight is 273 g/mol. The van der Waals surface area contributed by atoms with Crippen LogP contribution in [-0.4, -0.2) is 4.98 Å². The number of halogens is 2. The van der Waals surface area contributed by atoms with Gasteiger partial charge in [-0.3, -0.25) is 0 Å². The van der Waals surface area contributed by atoms with Crippen molar-refractivity contribution in [3.63, 3.8) is 0 Å². The molecule has 0 aliphatic carbocycles. The molecule has 0 bridgehead atoms. The molecule has 2 nitrogen and oxygen atoms in total. The van der Waals surface area contributed by atoms with Gasteiger partial charge in [0.1, 0.15) is 5.69 Å². The average Bonchev–Trinajstić information content (AvgIpc) is 2.61. The Balaban J connectivity index is 2.43. The molecule has 1 aromatic carbocycles. The molecule has 4 heteroatoms. The van der Waals surface area contributed by atoms with Crippen LogP contribution in [-0.2, 0) is 5.88 Å². The number of benzene rings is 1. The molecule has 0 radical (unpaired) electrons. The van der Waals surface area contributed by atoms with E-state index in [0.717, 1.165) is 11.3 Å². The summed E-state index contributed by atoms with van der Waals surface area (Å²) in [6.45, 7) is 0. The van der Waals surface area contributed by atoms with Gasteiger partial charge in [0.25, 0.3) is 0 Å². The molecule has 0 unspecified atom stereocenters. The monoisotopic (exact) mass is 271 g/mol. The Hall–Kier alpha value is -0.800. The number of nitrogens with zero attached hydrogens (tertiary/aromatic N) is 1. The number of oxazole rings is 1. The molecule has 1 aromatic heterocycles. The van der Waals surface area contributed by atoms with E-state index in [1.807, 2.05) is 30.3 Å². The van der Waals surface area contributed by atoms with Crippen LogP contribution in [0.1, 0.15) is 5.69 Å². The molecule has 1 heterocycles. The van der Waals surface area contributed by atoms with E-state index >= 15 is 0 Å². The third-order valence-corrected chi connectivity index (χ3v) is 2.67. The quantitative estimate of drug-likeness (QED) is 0.776. The third kappa shape index (κ3) is 1.83. The van der Waals surface area contributed by atoms with Gasteiger partial charge in [-0.1, -0.05) is 18.2 Å². The van der Waals surface area contributed by atoms with Gasteiger partial charge in [-0.05, 0) is 28.1 Å². The smallest absolute Gasteiger partial charge is 0.227 e. The largest absolute Gasteiger partial charge is 0.429 e. The molecular formula is C10H7BrClNO. The zero-order chi connectivity index (χ0) is 9.97. The van der Waals surface area contributed by atoms with Gasteiger partial charge in [0.15, 0.2) is 4.67 Å². The van der Waals surface area contributed by atoms with Gasteiger partial charge in [-0.15, -0.1) is 11.6 Å². The van der Waals surface area contributed by atoms with E-state index in [4.69, 9.17) is 16.0 Å². The van der Waals surface area contributed by atoms with Crippen molar-refractivity contribution in [2.75, 3.05) is 0 Å². The zero-order valence-corrected chi connectivity index (χ0v) is 9.55. The molecule has 0 amide bonds. The first-order valence-corrected chi connectivity index (χ1v) is 5.40. The van der Waals surface area contributed by atoms with E-state index in [0.29, 0.717) is 16.4 Å². The molecule has 2 rings (SSSR count). The summed E-state index contributed by atoms with van der Waals surface area (Å²) in [6.07, 6.45) is 0. The van der Waals surface area contributed by atoms with Crippen LogP contribution in [0.4, 0.5) is 0 Å². The number of hydrogen-bond donors (Lipinski definition) is 0. The highest BCUT2D eigenvalue weighted by atomic mass is 79.9. The van der Waals surface area contributed by atoms with Crippen molar-refractivity contribution in [2.24, 2.45) is 0 Å². The number of alkyl halides is 1. The summed E-state index contributed by atoms with van der Waals surface area (Å²) < 4.78 is 6.02. The molecule has 2 aromatic rings. The molecule has 0 saturated carbocycles. The Labute approximate surface area is 95.0 Å². The lowest BCUT2D eigenvalue weighted by molar-refractivity contribution is 0.547. The van der Waals surface area contributed by atoms with Crippen molar-refractivity contribution >= 4 is 27.5 Å². The first kappa shape index (κ1) is 9.74. The maximum atomic E-state index is 5.68. The van der Waals surface area contributed by atoms with Gasteiger partial charge in [0.05, 0.1) is 5.88 Å². The van der Waals surface area contributed by atoms with Crippen molar-refractivity contribution in [3.8, 4) is 11.5 Å². The minimum absolute atomic E-state index is 0.344. The molecule has 72 valence electrons. The highest BCUT2D eigenvalue weighted by Gasteiger charge is 2.10. The molecule has 0 atom stereocenters. The van der Waals surface area contributed by atoms with Crippen molar-refractivity contribution in [3.05, 3.63) is 40.7 Å². The SMILES string of the molecule is ClCc1nc(-c2ccccc2)oc1Br. The third-order valence-electron chi connectivity index (χ3n) is 1.80. The van der Waals surface area contributed by atoms with E-state index in [-0.39, 0.29) is 0 Å². The summed E-state index contributed by atoms with van der Waals surface area (Å²) in [7, 11) is 0. The molecule has 14 heavy (non-hydrogen) atoms. The van der Waals surface area contributed by atoms with Crippen LogP contribution in [0, 0.1) is 0 Å². The highest BCUT2D eigenvalue weighted by Crippen LogP contribution is 2.26. The van der Waals surface area contributed by atoms with Gasteiger partial charge in [0, 0.05) is 5.56 Å². The normalized spacial score (nSPS) is 10.4. The highest BCUT2D eigenvalue weighted by molar-refractivity contribution is 9.10. The standard InChI is InChI=1S/C10H7BrClNO/c11-9-8(6-12)13-10(14-9)7-4-2-1-3-5-7/h1-5H,6H2. The van der Waals surface area contributed by atoms with Crippen LogP contribution in [0.2, 0.25) is 0 Å². The number of rotatable bonds is 2. The van der Waals surface area contributed by atoms with Gasteiger partial charge in [0.2, 0.25) is 5.89 Å². The van der Waals surface area contributed by atoms with Crippen LogP contribution in [0.5, 0.6) is 0 Å². The Morgan fingerprint density at radius 1 is 1.29 bits per heavy atom. The second-order valence-corrected chi connectivity index (χ2v) is 3.73. The van der Waals surface area contributed by atoms with E-state index < -0.39 is 0 Å². The minimum Gasteiger partial charge on any atom is -0.429 e. The fourth-order valence-electron chi connectivity index (χ4n) is 1.12. The van der Waals surface area contributed by atoms with Gasteiger partial charge < -0.3 is 4.42 Å². The molecule has 0 aliphatic heterocycles.